The number of rotatable bonds is 11. The van der Waals surface area contributed by atoms with Gasteiger partial charge in [0.25, 0.3) is 21.8 Å². The number of anilines is 2. The number of hydrogen-bond donors (Lipinski definition) is 2. The first-order valence-electron chi connectivity index (χ1n) is 13.0. The summed E-state index contributed by atoms with van der Waals surface area (Å²) in [6.45, 7) is 3.44. The Hall–Kier alpha value is -4.67. The van der Waals surface area contributed by atoms with Crippen LogP contribution >= 0.6 is 11.6 Å². The van der Waals surface area contributed by atoms with E-state index in [2.05, 4.69) is 15.8 Å². The predicted octanol–water partition coefficient (Wildman–Crippen LogP) is 5.73. The van der Waals surface area contributed by atoms with Crippen LogP contribution in [-0.4, -0.2) is 39.1 Å². The number of ether oxygens (including phenoxy) is 1. The molecule has 0 aromatic heterocycles. The van der Waals surface area contributed by atoms with Gasteiger partial charge in [0, 0.05) is 16.3 Å². The first-order valence-corrected chi connectivity index (χ1v) is 14.8. The van der Waals surface area contributed by atoms with E-state index in [9.17, 15) is 18.0 Å². The van der Waals surface area contributed by atoms with Gasteiger partial charge in [-0.3, -0.25) is 13.9 Å². The highest BCUT2D eigenvalue weighted by Gasteiger charge is 2.27. The van der Waals surface area contributed by atoms with Crippen molar-refractivity contribution in [2.24, 2.45) is 5.10 Å². The minimum absolute atomic E-state index is 0.0253. The van der Waals surface area contributed by atoms with Crippen molar-refractivity contribution in [3.63, 3.8) is 0 Å². The highest BCUT2D eigenvalue weighted by atomic mass is 35.5. The first kappa shape index (κ1) is 30.3. The van der Waals surface area contributed by atoms with E-state index < -0.39 is 22.5 Å². The molecule has 42 heavy (non-hydrogen) atoms. The summed E-state index contributed by atoms with van der Waals surface area (Å²) in [4.78, 5) is 25.5. The van der Waals surface area contributed by atoms with Gasteiger partial charge in [-0.1, -0.05) is 41.9 Å². The van der Waals surface area contributed by atoms with Gasteiger partial charge < -0.3 is 10.1 Å². The molecule has 0 unspecified atom stereocenters. The van der Waals surface area contributed by atoms with E-state index in [1.807, 2.05) is 13.0 Å². The van der Waals surface area contributed by atoms with Gasteiger partial charge in [-0.25, -0.2) is 13.8 Å². The van der Waals surface area contributed by atoms with Crippen molar-refractivity contribution in [1.29, 1.82) is 0 Å². The van der Waals surface area contributed by atoms with Crippen LogP contribution in [0.3, 0.4) is 0 Å². The number of hydrazone groups is 1. The third kappa shape index (κ3) is 7.74. The zero-order valence-corrected chi connectivity index (χ0v) is 24.5. The van der Waals surface area contributed by atoms with E-state index in [1.165, 1.54) is 24.3 Å². The third-order valence-corrected chi connectivity index (χ3v) is 8.09. The first-order chi connectivity index (χ1) is 20.2. The van der Waals surface area contributed by atoms with Gasteiger partial charge in [0.2, 0.25) is 0 Å². The Morgan fingerprint density at radius 3 is 2.21 bits per heavy atom. The minimum Gasteiger partial charge on any atom is -0.494 e. The molecule has 0 fully saturated rings. The molecular formula is C31H29ClN4O5S. The number of halogens is 1. The Labute approximate surface area is 249 Å². The smallest absolute Gasteiger partial charge is 0.264 e. The van der Waals surface area contributed by atoms with E-state index in [-0.39, 0.29) is 16.5 Å². The highest BCUT2D eigenvalue weighted by molar-refractivity contribution is 7.92. The molecule has 11 heteroatoms. The van der Waals surface area contributed by atoms with Gasteiger partial charge in [0.1, 0.15) is 12.3 Å². The van der Waals surface area contributed by atoms with Crippen molar-refractivity contribution in [3.8, 4) is 5.75 Å². The van der Waals surface area contributed by atoms with E-state index in [0.717, 1.165) is 4.31 Å². The van der Waals surface area contributed by atoms with Gasteiger partial charge in [0.15, 0.2) is 0 Å². The molecular weight excluding hydrogens is 576 g/mol. The predicted molar refractivity (Wildman–Crippen MR) is 165 cm³/mol. The summed E-state index contributed by atoms with van der Waals surface area (Å²) in [5.74, 6) is -0.349. The summed E-state index contributed by atoms with van der Waals surface area (Å²) in [6.07, 6.45) is 0. The van der Waals surface area contributed by atoms with Crippen molar-refractivity contribution in [3.05, 3.63) is 119 Å². The maximum Gasteiger partial charge on any atom is 0.264 e. The van der Waals surface area contributed by atoms with Gasteiger partial charge in [0.05, 0.1) is 22.9 Å². The summed E-state index contributed by atoms with van der Waals surface area (Å²) < 4.78 is 33.6. The monoisotopic (exact) mass is 604 g/mol. The lowest BCUT2D eigenvalue weighted by Gasteiger charge is -2.24. The molecule has 0 aliphatic carbocycles. The van der Waals surface area contributed by atoms with Gasteiger partial charge >= 0.3 is 0 Å². The van der Waals surface area contributed by atoms with E-state index >= 15 is 0 Å². The van der Waals surface area contributed by atoms with Gasteiger partial charge in [-0.05, 0) is 92.2 Å². The van der Waals surface area contributed by atoms with E-state index in [0.29, 0.717) is 39.9 Å². The normalized spacial score (nSPS) is 11.5. The number of sulfonamides is 1. The maximum atomic E-state index is 13.6. The SMILES string of the molecule is CCOc1ccc(N(CC(=O)N/N=C(/C)c2cccc(NC(=O)c3ccccc3)c2)S(=O)(=O)c2ccc(Cl)cc2)cc1. The van der Waals surface area contributed by atoms with Crippen molar-refractivity contribution >= 4 is 50.5 Å². The lowest BCUT2D eigenvalue weighted by molar-refractivity contribution is -0.119. The maximum absolute atomic E-state index is 13.6. The average molecular weight is 605 g/mol. The summed E-state index contributed by atoms with van der Waals surface area (Å²) in [7, 11) is -4.14. The van der Waals surface area contributed by atoms with Crippen LogP contribution in [0.1, 0.15) is 29.8 Å². The summed E-state index contributed by atoms with van der Waals surface area (Å²) in [5.41, 5.74) is 4.89. The Balaban J connectivity index is 1.51. The second kappa shape index (κ2) is 13.8. The topological polar surface area (TPSA) is 117 Å². The Morgan fingerprint density at radius 2 is 1.55 bits per heavy atom. The number of nitrogens with zero attached hydrogens (tertiary/aromatic N) is 2. The molecule has 4 aromatic carbocycles. The number of carbonyl (C=O) groups is 2. The van der Waals surface area contributed by atoms with Crippen molar-refractivity contribution in [2.75, 3.05) is 22.8 Å². The van der Waals surface area contributed by atoms with Crippen LogP contribution in [0.15, 0.2) is 113 Å². The summed E-state index contributed by atoms with van der Waals surface area (Å²) in [6, 6.07) is 27.9. The molecule has 4 aromatic rings. The Morgan fingerprint density at radius 1 is 0.881 bits per heavy atom. The molecule has 0 spiro atoms. The van der Waals surface area contributed by atoms with Gasteiger partial charge in [-0.15, -0.1) is 0 Å². The minimum atomic E-state index is -4.14. The summed E-state index contributed by atoms with van der Waals surface area (Å²) >= 11 is 5.95. The van der Waals surface area contributed by atoms with Crippen LogP contribution in [0.5, 0.6) is 5.75 Å². The largest absolute Gasteiger partial charge is 0.494 e. The second-order valence-electron chi connectivity index (χ2n) is 9.03. The quantitative estimate of drug-likeness (QED) is 0.168. The molecule has 4 rings (SSSR count). The second-order valence-corrected chi connectivity index (χ2v) is 11.3. The molecule has 0 atom stereocenters. The molecule has 0 saturated carbocycles. The fraction of sp³-hybridized carbons (Fsp3) is 0.129. The molecule has 0 heterocycles. The Bertz CT molecular complexity index is 1680. The number of benzene rings is 4. The van der Waals surface area contributed by atoms with Crippen molar-refractivity contribution < 1.29 is 22.7 Å². The fourth-order valence-electron chi connectivity index (χ4n) is 3.92. The molecule has 216 valence electrons. The number of amides is 2. The lowest BCUT2D eigenvalue weighted by atomic mass is 10.1. The summed E-state index contributed by atoms with van der Waals surface area (Å²) in [5, 5.41) is 7.39. The van der Waals surface area contributed by atoms with Crippen molar-refractivity contribution in [2.45, 2.75) is 18.7 Å². The zero-order chi connectivity index (χ0) is 30.1. The average Bonchev–Trinajstić information content (AvgIpc) is 3.00. The molecule has 0 bridgehead atoms. The highest BCUT2D eigenvalue weighted by Crippen LogP contribution is 2.26. The number of carbonyl (C=O) groups excluding carboxylic acids is 2. The standard InChI is InChI=1S/C31H29ClN4O5S/c1-3-41-28-16-14-27(15-17-28)36(42(39,40)29-18-12-25(32)13-19-29)21-30(37)35-34-22(2)24-10-7-11-26(20-24)33-31(38)23-8-5-4-6-9-23/h4-20H,3,21H2,1-2H3,(H,33,38)(H,35,37)/b34-22-. The Kier molecular flexibility index (Phi) is 9.95. The number of hydrogen-bond acceptors (Lipinski definition) is 6. The fourth-order valence-corrected chi connectivity index (χ4v) is 5.46. The van der Waals surface area contributed by atoms with E-state index in [1.54, 1.807) is 79.7 Å². The van der Waals surface area contributed by atoms with Crippen LogP contribution in [-0.2, 0) is 14.8 Å². The molecule has 2 amide bonds. The lowest BCUT2D eigenvalue weighted by Crippen LogP contribution is -2.39. The van der Waals surface area contributed by atoms with Crippen LogP contribution in [0.25, 0.3) is 0 Å². The molecule has 9 nitrogen and oxygen atoms in total. The molecule has 0 aliphatic heterocycles. The molecule has 2 N–H and O–H groups in total. The van der Waals surface area contributed by atoms with Crippen LogP contribution in [0.4, 0.5) is 11.4 Å². The van der Waals surface area contributed by atoms with Crippen molar-refractivity contribution in [1.82, 2.24) is 5.43 Å². The van der Waals surface area contributed by atoms with Crippen LogP contribution < -0.4 is 19.8 Å². The van der Waals surface area contributed by atoms with E-state index in [4.69, 9.17) is 16.3 Å². The van der Waals surface area contributed by atoms with Crippen LogP contribution in [0.2, 0.25) is 5.02 Å². The number of nitrogens with one attached hydrogen (secondary N) is 2. The molecule has 0 aliphatic rings. The molecule has 0 radical (unpaired) electrons. The van der Waals surface area contributed by atoms with Gasteiger partial charge in [-0.2, -0.15) is 5.10 Å². The third-order valence-electron chi connectivity index (χ3n) is 6.05. The molecule has 0 saturated heterocycles. The zero-order valence-electron chi connectivity index (χ0n) is 23.0. The van der Waals surface area contributed by atoms with Crippen LogP contribution in [0, 0.1) is 0 Å².